The summed E-state index contributed by atoms with van der Waals surface area (Å²) in [6, 6.07) is 0. The molecule has 0 heterocycles. The lowest BCUT2D eigenvalue weighted by Gasteiger charge is -2.30. The lowest BCUT2D eigenvalue weighted by Crippen LogP contribution is -2.45. The van der Waals surface area contributed by atoms with E-state index in [1.54, 1.807) is 0 Å². The highest BCUT2D eigenvalue weighted by atomic mass is 16.1. The number of nitrogens with zero attached hydrogens (tertiary/aromatic N) is 1. The molecule has 174 valence electrons. The molecule has 0 saturated carbocycles. The van der Waals surface area contributed by atoms with Crippen molar-refractivity contribution in [2.45, 2.75) is 129 Å². The lowest BCUT2D eigenvalue weighted by atomic mass is 10.1. The molecular weight excluding hydrogens is 356 g/mol. The highest BCUT2D eigenvalue weighted by molar-refractivity contribution is 5.75. The maximum absolute atomic E-state index is 12.0. The minimum atomic E-state index is 0.250. The van der Waals surface area contributed by atoms with Crippen molar-refractivity contribution in [2.24, 2.45) is 0 Å². The van der Waals surface area contributed by atoms with Crippen LogP contribution in [-0.4, -0.2) is 44.1 Å². The molecule has 0 saturated heterocycles. The predicted octanol–water partition coefficient (Wildman–Crippen LogP) is 7.24. The van der Waals surface area contributed by atoms with Gasteiger partial charge in [-0.1, -0.05) is 104 Å². The molecule has 0 spiro atoms. The summed E-state index contributed by atoms with van der Waals surface area (Å²) in [5, 5.41) is 3.14. The third-order valence-corrected chi connectivity index (χ3v) is 6.16. The van der Waals surface area contributed by atoms with Crippen LogP contribution in [0.1, 0.15) is 129 Å². The molecule has 0 unspecified atom stereocenters. The Bertz CT molecular complexity index is 355. The molecule has 0 aliphatic rings. The first-order valence-corrected chi connectivity index (χ1v) is 13.1. The van der Waals surface area contributed by atoms with Crippen molar-refractivity contribution < 1.29 is 9.28 Å². The summed E-state index contributed by atoms with van der Waals surface area (Å²) in [5.74, 6) is 0.250. The van der Waals surface area contributed by atoms with Crippen molar-refractivity contribution >= 4 is 5.91 Å². The van der Waals surface area contributed by atoms with Gasteiger partial charge in [-0.3, -0.25) is 4.79 Å². The average Bonchev–Trinajstić information content (AvgIpc) is 2.68. The van der Waals surface area contributed by atoms with E-state index in [1.807, 2.05) is 0 Å². The Morgan fingerprint density at radius 2 is 1.00 bits per heavy atom. The third kappa shape index (κ3) is 21.9. The predicted molar refractivity (Wildman–Crippen MR) is 129 cm³/mol. The first-order chi connectivity index (χ1) is 14.0. The van der Waals surface area contributed by atoms with Gasteiger partial charge >= 0.3 is 0 Å². The molecule has 0 aromatic carbocycles. The molecule has 1 N–H and O–H groups in total. The molecule has 0 aromatic rings. The monoisotopic (exact) mass is 411 g/mol. The second kappa shape index (κ2) is 20.7. The largest absolute Gasteiger partial charge is 0.350 e. The van der Waals surface area contributed by atoms with Crippen molar-refractivity contribution in [3.05, 3.63) is 0 Å². The normalized spacial score (nSPS) is 11.7. The summed E-state index contributed by atoms with van der Waals surface area (Å²) in [7, 11) is 4.60. The zero-order valence-electron chi connectivity index (χ0n) is 20.7. The number of hydrogen-bond donors (Lipinski definition) is 1. The van der Waals surface area contributed by atoms with Crippen LogP contribution in [-0.2, 0) is 4.79 Å². The van der Waals surface area contributed by atoms with Crippen LogP contribution < -0.4 is 5.32 Å². The van der Waals surface area contributed by atoms with Gasteiger partial charge in [0.2, 0.25) is 5.91 Å². The van der Waals surface area contributed by atoms with Gasteiger partial charge in [0.05, 0.1) is 33.7 Å². The van der Waals surface area contributed by atoms with Crippen LogP contribution in [0.15, 0.2) is 0 Å². The maximum atomic E-state index is 12.0. The molecule has 0 radical (unpaired) electrons. The van der Waals surface area contributed by atoms with Crippen LogP contribution in [0.5, 0.6) is 0 Å². The molecule has 0 aromatic heterocycles. The van der Waals surface area contributed by atoms with E-state index in [9.17, 15) is 4.79 Å². The zero-order valence-corrected chi connectivity index (χ0v) is 20.7. The Morgan fingerprint density at radius 1 is 0.586 bits per heavy atom. The number of nitrogens with one attached hydrogen (secondary N) is 1. The van der Waals surface area contributed by atoms with Gasteiger partial charge in [0.25, 0.3) is 0 Å². The van der Waals surface area contributed by atoms with Crippen molar-refractivity contribution in [2.75, 3.05) is 33.7 Å². The molecule has 0 aliphatic heterocycles. The summed E-state index contributed by atoms with van der Waals surface area (Å²) in [5.41, 5.74) is 0. The summed E-state index contributed by atoms with van der Waals surface area (Å²) in [4.78, 5) is 12.0. The molecule has 3 heteroatoms. The van der Waals surface area contributed by atoms with Gasteiger partial charge in [0.15, 0.2) is 0 Å². The van der Waals surface area contributed by atoms with E-state index in [0.29, 0.717) is 6.42 Å². The van der Waals surface area contributed by atoms with Gasteiger partial charge in [-0.05, 0) is 19.3 Å². The Hall–Kier alpha value is -0.570. The Labute approximate surface area is 184 Å². The van der Waals surface area contributed by atoms with E-state index < -0.39 is 0 Å². The van der Waals surface area contributed by atoms with Crippen molar-refractivity contribution in [3.63, 3.8) is 0 Å². The van der Waals surface area contributed by atoms with Crippen molar-refractivity contribution in [1.82, 2.24) is 5.32 Å². The van der Waals surface area contributed by atoms with Crippen LogP contribution >= 0.6 is 0 Å². The minimum Gasteiger partial charge on any atom is -0.350 e. The fourth-order valence-corrected chi connectivity index (χ4v) is 3.97. The van der Waals surface area contributed by atoms with Gasteiger partial charge < -0.3 is 9.80 Å². The van der Waals surface area contributed by atoms with Gasteiger partial charge in [-0.2, -0.15) is 0 Å². The Morgan fingerprint density at radius 3 is 1.48 bits per heavy atom. The lowest BCUT2D eigenvalue weighted by molar-refractivity contribution is -0.889. The van der Waals surface area contributed by atoms with E-state index >= 15 is 0 Å². The van der Waals surface area contributed by atoms with Crippen molar-refractivity contribution in [3.8, 4) is 0 Å². The SMILES string of the molecule is CCCCCCCCCCCC(=O)NCC[N+](C)(C)CCCCCCCCCC. The summed E-state index contributed by atoms with van der Waals surface area (Å²) in [6.45, 7) is 7.63. The first-order valence-electron chi connectivity index (χ1n) is 13.1. The summed E-state index contributed by atoms with van der Waals surface area (Å²) < 4.78 is 1.02. The molecule has 0 rings (SSSR count). The molecule has 29 heavy (non-hydrogen) atoms. The van der Waals surface area contributed by atoms with Crippen LogP contribution in [0.2, 0.25) is 0 Å². The number of likely N-dealkylation sites (N-methyl/N-ethyl adjacent to an activating group) is 1. The summed E-state index contributed by atoms with van der Waals surface area (Å²) >= 11 is 0. The van der Waals surface area contributed by atoms with E-state index in [1.165, 1.54) is 109 Å². The van der Waals surface area contributed by atoms with Crippen LogP contribution in [0.3, 0.4) is 0 Å². The molecule has 0 bridgehead atoms. The van der Waals surface area contributed by atoms with Crippen molar-refractivity contribution in [1.29, 1.82) is 0 Å². The maximum Gasteiger partial charge on any atom is 0.220 e. The molecule has 0 fully saturated rings. The number of carbonyl (C=O) groups is 1. The molecule has 1 amide bonds. The molecule has 0 aliphatic carbocycles. The number of unbranched alkanes of at least 4 members (excludes halogenated alkanes) is 15. The summed E-state index contributed by atoms with van der Waals surface area (Å²) in [6.07, 6.45) is 23.5. The standard InChI is InChI=1S/C26H54N2O/c1-5-7-9-11-13-15-16-18-20-22-26(29)27-23-25-28(3,4)24-21-19-17-14-12-10-8-6-2/h5-25H2,1-4H3/p+1. The topological polar surface area (TPSA) is 29.1 Å². The van der Waals surface area contributed by atoms with Gasteiger partial charge in [0.1, 0.15) is 0 Å². The number of rotatable bonds is 22. The number of amides is 1. The second-order valence-corrected chi connectivity index (χ2v) is 9.79. The van der Waals surface area contributed by atoms with Gasteiger partial charge in [-0.25, -0.2) is 0 Å². The van der Waals surface area contributed by atoms with Gasteiger partial charge in [0, 0.05) is 6.42 Å². The van der Waals surface area contributed by atoms with Gasteiger partial charge in [-0.15, -0.1) is 0 Å². The Balaban J connectivity index is 3.47. The fourth-order valence-electron chi connectivity index (χ4n) is 3.97. The number of carbonyl (C=O) groups excluding carboxylic acids is 1. The average molecular weight is 412 g/mol. The highest BCUT2D eigenvalue weighted by Gasteiger charge is 2.14. The van der Waals surface area contributed by atoms with Crippen LogP contribution in [0, 0.1) is 0 Å². The second-order valence-electron chi connectivity index (χ2n) is 9.79. The molecular formula is C26H55N2O+. The smallest absolute Gasteiger partial charge is 0.220 e. The van der Waals surface area contributed by atoms with E-state index in [0.717, 1.165) is 24.0 Å². The van der Waals surface area contributed by atoms with E-state index in [4.69, 9.17) is 0 Å². The Kier molecular flexibility index (Phi) is 20.3. The van der Waals surface area contributed by atoms with E-state index in [-0.39, 0.29) is 5.91 Å². The molecule has 0 atom stereocenters. The number of hydrogen-bond acceptors (Lipinski definition) is 1. The minimum absolute atomic E-state index is 0.250. The van der Waals surface area contributed by atoms with Crippen LogP contribution in [0.25, 0.3) is 0 Å². The van der Waals surface area contributed by atoms with Crippen LogP contribution in [0.4, 0.5) is 0 Å². The fraction of sp³-hybridized carbons (Fsp3) is 0.962. The third-order valence-electron chi connectivity index (χ3n) is 6.16. The molecule has 3 nitrogen and oxygen atoms in total. The quantitative estimate of drug-likeness (QED) is 0.148. The first kappa shape index (κ1) is 28.4. The number of quaternary nitrogens is 1. The highest BCUT2D eigenvalue weighted by Crippen LogP contribution is 2.11. The van der Waals surface area contributed by atoms with E-state index in [2.05, 4.69) is 33.3 Å². The zero-order chi connectivity index (χ0) is 21.6.